The average molecular weight is 1520 g/mol. The molecule has 0 aliphatic carbocycles. The predicted octanol–water partition coefficient (Wildman–Crippen LogP) is 11.3. The number of hydrogen-bond acceptors (Lipinski definition) is 25. The van der Waals surface area contributed by atoms with Crippen LogP contribution in [-0.4, -0.2) is 160 Å². The zero-order valence-corrected chi connectivity index (χ0v) is 60.6. The van der Waals surface area contributed by atoms with E-state index in [0.717, 1.165) is 42.9 Å². The first-order valence-electron chi connectivity index (χ1n) is 31.9. The third-order valence-corrected chi connectivity index (χ3v) is 16.8. The van der Waals surface area contributed by atoms with Gasteiger partial charge in [-0.3, -0.25) is 9.59 Å². The number of rotatable bonds is 19. The number of nitrogens with two attached hydrogens (primary N) is 3. The van der Waals surface area contributed by atoms with E-state index < -0.39 is 23.6 Å². The minimum Gasteiger partial charge on any atom is -0.493 e. The molecule has 2 aliphatic rings. The molecule has 0 bridgehead atoms. The lowest BCUT2D eigenvalue weighted by atomic mass is 10.2. The van der Waals surface area contributed by atoms with E-state index in [1.54, 1.807) is 157 Å². The van der Waals surface area contributed by atoms with Gasteiger partial charge in [0.2, 0.25) is 45.6 Å². The maximum atomic E-state index is 14.1. The largest absolute Gasteiger partial charge is 0.493 e. The van der Waals surface area contributed by atoms with E-state index in [4.69, 9.17) is 94.6 Å². The third kappa shape index (κ3) is 18.1. The SMILES string of the molecule is COc1cc(-n2cnc(N)c2)cc(OC)c1OC.COc1cc(-n2cnc(Nc3nc(Cl)nc4cc(F)ccc34)c2)cc(OC)c1OC.COc1cc(-n2cnc(Nc3nc(N4CCC[C@H]4C(N)=O)nc4cc(F)ccc34)c2)cc(OC)c1OC.Fc1ccc2c(Cl)nc(Cl)nc2c1.NC(=O)[C@@H]1CCCN1. The number of imidazole rings is 3. The van der Waals surface area contributed by atoms with Crippen molar-refractivity contribution in [3.05, 3.63) is 162 Å². The molecule has 8 heterocycles. The van der Waals surface area contributed by atoms with Gasteiger partial charge in [0.05, 0.1) is 122 Å². The molecule has 554 valence electrons. The van der Waals surface area contributed by atoms with Crippen LogP contribution in [0.1, 0.15) is 25.7 Å². The number of anilines is 6. The lowest BCUT2D eigenvalue weighted by Gasteiger charge is -2.23. The predicted molar refractivity (Wildman–Crippen MR) is 394 cm³/mol. The standard InChI is InChI=1S/C25H26FN7O4.C20H17ClFN5O3.C12H15N3O3.C8H3Cl2FN2.C5H10N2O/c1-35-19-10-15(11-20(36-2)22(19)37-3)32-12-21(28-13-32)30-24-16-7-6-14(26)9-17(16)29-25(31-24)33-8-4-5-18(33)23(27)34;1-28-15-7-12(8-16(29-2)18(15)30-3)27-9-17(23-10-27)25-19-13-5-4-11(22)6-14(13)24-20(21)26-19;1-16-9-4-8(15-6-11(13)14-7-15)5-10(17-2)12(9)18-3;9-7-5-2-1-4(11)3-6(5)12-8(10)13-7;6-5(8)4-2-1-3-7-4/h6-7,9-13,18H,4-5,8H2,1-3H3,(H2,27,34)(H,29,30,31);4-10H,1-3H3,(H,24,25,26);4-7H,13H2,1-3H3;1-3H;4,7H,1-3H2,(H2,6,8)/t18-;;;;4-/m0...0/s1. The molecular formula is C70H71Cl3F3N19O11. The number of hydrogen-bond donors (Lipinski definition) is 6. The Morgan fingerprint density at radius 1 is 0.481 bits per heavy atom. The second-order valence-corrected chi connectivity index (χ2v) is 23.8. The normalized spacial score (nSPS) is 13.5. The van der Waals surface area contributed by atoms with E-state index in [0.29, 0.717) is 132 Å². The van der Waals surface area contributed by atoms with E-state index in [1.165, 1.54) is 42.5 Å². The highest BCUT2D eigenvalue weighted by molar-refractivity contribution is 6.35. The highest BCUT2D eigenvalue weighted by atomic mass is 35.5. The number of amides is 2. The van der Waals surface area contributed by atoms with E-state index in [1.807, 2.05) is 12.1 Å². The van der Waals surface area contributed by atoms with Gasteiger partial charge in [0.1, 0.15) is 76.7 Å². The first-order chi connectivity index (χ1) is 51.1. The molecule has 30 nitrogen and oxygen atoms in total. The Morgan fingerprint density at radius 2 is 0.887 bits per heavy atom. The molecule has 106 heavy (non-hydrogen) atoms. The molecule has 6 aromatic heterocycles. The fraction of sp³-hybridized carbons (Fsp3) is 0.243. The Kier molecular flexibility index (Phi) is 25.2. The topological polar surface area (TPSA) is 365 Å². The second-order valence-electron chi connectivity index (χ2n) is 22.7. The van der Waals surface area contributed by atoms with Crippen molar-refractivity contribution >= 4 is 114 Å². The lowest BCUT2D eigenvalue weighted by Crippen LogP contribution is -2.41. The highest BCUT2D eigenvalue weighted by Crippen LogP contribution is 2.43. The lowest BCUT2D eigenvalue weighted by molar-refractivity contribution is -0.120. The number of nitrogens with zero attached hydrogens (tertiary/aromatic N) is 13. The van der Waals surface area contributed by atoms with Crippen LogP contribution in [0.3, 0.4) is 0 Å². The van der Waals surface area contributed by atoms with Crippen LogP contribution in [0.15, 0.2) is 129 Å². The number of halogens is 6. The third-order valence-electron chi connectivity index (χ3n) is 16.2. The Hall–Kier alpha value is -12.1. The zero-order chi connectivity index (χ0) is 75.9. The van der Waals surface area contributed by atoms with Crippen molar-refractivity contribution in [1.29, 1.82) is 0 Å². The number of carbonyl (C=O) groups is 2. The minimum absolute atomic E-state index is 0.000315. The van der Waals surface area contributed by atoms with Crippen LogP contribution in [0.4, 0.5) is 48.2 Å². The summed E-state index contributed by atoms with van der Waals surface area (Å²) in [4.78, 5) is 61.9. The van der Waals surface area contributed by atoms with Crippen LogP contribution in [0.2, 0.25) is 15.7 Å². The number of fused-ring (bicyclic) bond motifs is 3. The van der Waals surface area contributed by atoms with Gasteiger partial charge in [-0.2, -0.15) is 9.97 Å². The van der Waals surface area contributed by atoms with Gasteiger partial charge in [-0.15, -0.1) is 0 Å². The number of nitrogens with one attached hydrogen (secondary N) is 3. The van der Waals surface area contributed by atoms with Crippen molar-refractivity contribution in [2.75, 3.05) is 98.3 Å². The molecule has 0 unspecified atom stereocenters. The Balaban J connectivity index is 0.000000154. The Labute approximate surface area is 618 Å². The molecule has 14 rings (SSSR count). The van der Waals surface area contributed by atoms with Crippen LogP contribution in [-0.2, 0) is 9.59 Å². The van der Waals surface area contributed by atoms with E-state index in [2.05, 4.69) is 60.8 Å². The molecule has 0 radical (unpaired) electrons. The fourth-order valence-electron chi connectivity index (χ4n) is 11.2. The summed E-state index contributed by atoms with van der Waals surface area (Å²) in [7, 11) is 14.0. The number of nitrogen functional groups attached to an aromatic ring is 1. The van der Waals surface area contributed by atoms with Crippen LogP contribution in [0.25, 0.3) is 49.8 Å². The van der Waals surface area contributed by atoms with Gasteiger partial charge in [-0.1, -0.05) is 11.6 Å². The van der Waals surface area contributed by atoms with Gasteiger partial charge < -0.3 is 94.4 Å². The Bertz CT molecular complexity index is 5050. The first-order valence-corrected chi connectivity index (χ1v) is 33.0. The van der Waals surface area contributed by atoms with Gasteiger partial charge in [0.25, 0.3) is 0 Å². The molecular weight excluding hydrogens is 1450 g/mol. The van der Waals surface area contributed by atoms with E-state index >= 15 is 0 Å². The van der Waals surface area contributed by atoms with Crippen molar-refractivity contribution in [2.24, 2.45) is 11.5 Å². The number of primary amides is 2. The quantitative estimate of drug-likeness (QED) is 0.0323. The summed E-state index contributed by atoms with van der Waals surface area (Å²) in [6.07, 6.45) is 13.5. The summed E-state index contributed by atoms with van der Waals surface area (Å²) in [5.74, 6) is 5.43. The molecule has 2 saturated heterocycles. The molecule has 2 amide bonds. The van der Waals surface area contributed by atoms with Gasteiger partial charge in [0.15, 0.2) is 34.5 Å². The molecule has 36 heteroatoms. The molecule has 9 N–H and O–H groups in total. The van der Waals surface area contributed by atoms with Crippen molar-refractivity contribution in [1.82, 2.24) is 63.9 Å². The summed E-state index contributed by atoms with van der Waals surface area (Å²) >= 11 is 17.3. The van der Waals surface area contributed by atoms with Crippen molar-refractivity contribution in [3.63, 3.8) is 0 Å². The summed E-state index contributed by atoms with van der Waals surface area (Å²) in [5.41, 5.74) is 19.7. The summed E-state index contributed by atoms with van der Waals surface area (Å²) in [6, 6.07) is 22.8. The van der Waals surface area contributed by atoms with Gasteiger partial charge in [-0.25, -0.2) is 48.1 Å². The molecule has 2 atom stereocenters. The summed E-state index contributed by atoms with van der Waals surface area (Å²) in [5, 5.41) is 11.3. The number of carbonyl (C=O) groups excluding carboxylic acids is 2. The summed E-state index contributed by atoms with van der Waals surface area (Å²) in [6.45, 7) is 1.51. The fourth-order valence-corrected chi connectivity index (χ4v) is 11.8. The van der Waals surface area contributed by atoms with Crippen LogP contribution in [0, 0.1) is 17.5 Å². The summed E-state index contributed by atoms with van der Waals surface area (Å²) < 4.78 is 93.9. The van der Waals surface area contributed by atoms with Crippen molar-refractivity contribution in [2.45, 2.75) is 37.8 Å². The molecule has 2 fully saturated rings. The molecule has 6 aromatic carbocycles. The molecule has 0 saturated carbocycles. The van der Waals surface area contributed by atoms with Gasteiger partial charge in [-0.05, 0) is 91.8 Å². The zero-order valence-electron chi connectivity index (χ0n) is 58.3. The molecule has 0 spiro atoms. The molecule has 12 aromatic rings. The number of methoxy groups -OCH3 is 9. The number of ether oxygens (including phenoxy) is 9. The van der Waals surface area contributed by atoms with Gasteiger partial charge in [0, 0.05) is 77.3 Å². The van der Waals surface area contributed by atoms with Crippen molar-refractivity contribution in [3.8, 4) is 68.8 Å². The average Bonchev–Trinajstić information content (AvgIpc) is 1.45. The minimum atomic E-state index is -0.516. The van der Waals surface area contributed by atoms with Crippen molar-refractivity contribution < 1.29 is 65.4 Å². The van der Waals surface area contributed by atoms with Crippen LogP contribution in [0.5, 0.6) is 51.7 Å². The maximum Gasteiger partial charge on any atom is 0.240 e. The number of benzene rings is 6. The van der Waals surface area contributed by atoms with Crippen LogP contribution >= 0.6 is 34.8 Å². The first kappa shape index (κ1) is 76.6. The second kappa shape index (κ2) is 34.9. The highest BCUT2D eigenvalue weighted by Gasteiger charge is 2.32. The van der Waals surface area contributed by atoms with E-state index in [9.17, 15) is 22.8 Å². The number of aromatic nitrogens is 12. The maximum absolute atomic E-state index is 14.1. The molecule has 2 aliphatic heterocycles. The monoisotopic (exact) mass is 1520 g/mol. The van der Waals surface area contributed by atoms with E-state index in [-0.39, 0.29) is 33.5 Å². The Morgan fingerprint density at radius 3 is 1.27 bits per heavy atom. The smallest absolute Gasteiger partial charge is 0.240 e. The van der Waals surface area contributed by atoms with Crippen LogP contribution < -0.4 is 80.7 Å². The van der Waals surface area contributed by atoms with Gasteiger partial charge >= 0.3 is 0 Å².